The zero-order chi connectivity index (χ0) is 10.9. The molecule has 0 saturated carbocycles. The van der Waals surface area contributed by atoms with Gasteiger partial charge in [0.15, 0.2) is 0 Å². The molecule has 0 aliphatic rings. The number of hydrogen-bond donors (Lipinski definition) is 1. The Kier molecular flexibility index (Phi) is 3.78. The molecule has 0 fully saturated rings. The van der Waals surface area contributed by atoms with Crippen molar-refractivity contribution >= 4 is 31.9 Å². The molecule has 0 radical (unpaired) electrons. The molecule has 0 heterocycles. The summed E-state index contributed by atoms with van der Waals surface area (Å²) in [6.45, 7) is 6.43. The highest BCUT2D eigenvalue weighted by Gasteiger charge is 2.25. The molecule has 0 bridgehead atoms. The average Bonchev–Trinajstić information content (AvgIpc) is 2.01. The van der Waals surface area contributed by atoms with Crippen LogP contribution in [-0.4, -0.2) is 0 Å². The molecule has 2 N–H and O–H groups in total. The van der Waals surface area contributed by atoms with Gasteiger partial charge >= 0.3 is 0 Å². The highest BCUT2D eigenvalue weighted by molar-refractivity contribution is 9.11. The van der Waals surface area contributed by atoms with Crippen molar-refractivity contribution in [3.63, 3.8) is 0 Å². The molecule has 78 valence electrons. The van der Waals surface area contributed by atoms with E-state index >= 15 is 0 Å². The fraction of sp³-hybridized carbons (Fsp3) is 0.455. The highest BCUT2D eigenvalue weighted by Crippen LogP contribution is 2.38. The van der Waals surface area contributed by atoms with Crippen molar-refractivity contribution in [2.45, 2.75) is 26.8 Å². The summed E-state index contributed by atoms with van der Waals surface area (Å²) in [7, 11) is 0. The zero-order valence-electron chi connectivity index (χ0n) is 8.64. The minimum Gasteiger partial charge on any atom is -0.323 e. The number of hydrogen-bond acceptors (Lipinski definition) is 1. The van der Waals surface area contributed by atoms with Gasteiger partial charge in [-0.15, -0.1) is 0 Å². The molecule has 1 atom stereocenters. The summed E-state index contributed by atoms with van der Waals surface area (Å²) in [5, 5.41) is 0. The predicted molar refractivity (Wildman–Crippen MR) is 68.2 cm³/mol. The molecule has 0 spiro atoms. The van der Waals surface area contributed by atoms with Gasteiger partial charge in [0, 0.05) is 15.0 Å². The van der Waals surface area contributed by atoms with E-state index in [9.17, 15) is 0 Å². The molecule has 0 amide bonds. The average molecular weight is 321 g/mol. The second-order valence-electron chi connectivity index (χ2n) is 4.48. The van der Waals surface area contributed by atoms with E-state index in [1.54, 1.807) is 0 Å². The van der Waals surface area contributed by atoms with Crippen LogP contribution in [0.25, 0.3) is 0 Å². The maximum Gasteiger partial charge on any atom is 0.0366 e. The Bertz CT molecular complexity index is 308. The fourth-order valence-corrected chi connectivity index (χ4v) is 2.73. The minimum absolute atomic E-state index is 0.0208. The molecule has 3 heteroatoms. The Morgan fingerprint density at radius 3 is 1.93 bits per heavy atom. The third kappa shape index (κ3) is 2.59. The lowest BCUT2D eigenvalue weighted by Gasteiger charge is -2.29. The first-order chi connectivity index (χ1) is 6.34. The zero-order valence-corrected chi connectivity index (χ0v) is 11.8. The van der Waals surface area contributed by atoms with E-state index in [1.165, 1.54) is 0 Å². The first-order valence-electron chi connectivity index (χ1n) is 4.53. The van der Waals surface area contributed by atoms with Gasteiger partial charge in [0.1, 0.15) is 0 Å². The van der Waals surface area contributed by atoms with Gasteiger partial charge < -0.3 is 5.73 Å². The third-order valence-electron chi connectivity index (χ3n) is 2.24. The van der Waals surface area contributed by atoms with E-state index in [1.807, 2.05) is 18.2 Å². The Morgan fingerprint density at radius 2 is 1.57 bits per heavy atom. The van der Waals surface area contributed by atoms with Gasteiger partial charge in [-0.1, -0.05) is 58.7 Å². The first kappa shape index (κ1) is 12.2. The second-order valence-corrected chi connectivity index (χ2v) is 6.19. The topological polar surface area (TPSA) is 26.0 Å². The SMILES string of the molecule is CC(C)(C)[C@@H](N)c1c(Br)cccc1Br. The van der Waals surface area contributed by atoms with Crippen LogP contribution in [0.4, 0.5) is 0 Å². The van der Waals surface area contributed by atoms with E-state index in [0.29, 0.717) is 0 Å². The van der Waals surface area contributed by atoms with Crippen molar-refractivity contribution in [3.05, 3.63) is 32.7 Å². The van der Waals surface area contributed by atoms with E-state index in [-0.39, 0.29) is 11.5 Å². The summed E-state index contributed by atoms with van der Waals surface area (Å²) in [6, 6.07) is 6.05. The van der Waals surface area contributed by atoms with Crippen LogP contribution in [-0.2, 0) is 0 Å². The molecular formula is C11H15Br2N. The fourth-order valence-electron chi connectivity index (χ4n) is 1.24. The molecule has 0 aromatic heterocycles. The number of nitrogens with two attached hydrogens (primary N) is 1. The standard InChI is InChI=1S/C11H15Br2N/c1-11(2,3)10(14)9-7(12)5-4-6-8(9)13/h4-6,10H,14H2,1-3H3/t10-/m0/s1. The number of benzene rings is 1. The maximum absolute atomic E-state index is 6.21. The monoisotopic (exact) mass is 319 g/mol. The largest absolute Gasteiger partial charge is 0.323 e. The van der Waals surface area contributed by atoms with Crippen LogP contribution >= 0.6 is 31.9 Å². The normalized spacial score (nSPS) is 14.1. The van der Waals surface area contributed by atoms with Crippen molar-refractivity contribution in [3.8, 4) is 0 Å². The van der Waals surface area contributed by atoms with Crippen LogP contribution < -0.4 is 5.73 Å². The van der Waals surface area contributed by atoms with Crippen LogP contribution in [0.15, 0.2) is 27.1 Å². The summed E-state index contributed by atoms with van der Waals surface area (Å²) < 4.78 is 2.13. The Morgan fingerprint density at radius 1 is 1.14 bits per heavy atom. The quantitative estimate of drug-likeness (QED) is 0.822. The van der Waals surface area contributed by atoms with Crippen LogP contribution in [0.1, 0.15) is 32.4 Å². The van der Waals surface area contributed by atoms with Crippen molar-refractivity contribution in [1.82, 2.24) is 0 Å². The number of rotatable bonds is 1. The van der Waals surface area contributed by atoms with Gasteiger partial charge in [-0.2, -0.15) is 0 Å². The van der Waals surface area contributed by atoms with Crippen molar-refractivity contribution in [1.29, 1.82) is 0 Å². The van der Waals surface area contributed by atoms with E-state index < -0.39 is 0 Å². The lowest BCUT2D eigenvalue weighted by molar-refractivity contribution is 0.325. The lowest BCUT2D eigenvalue weighted by atomic mass is 9.83. The Labute approximate surface area is 102 Å². The van der Waals surface area contributed by atoms with Crippen LogP contribution in [0.5, 0.6) is 0 Å². The molecule has 1 nitrogen and oxygen atoms in total. The predicted octanol–water partition coefficient (Wildman–Crippen LogP) is 4.26. The van der Waals surface area contributed by atoms with E-state index in [0.717, 1.165) is 14.5 Å². The van der Waals surface area contributed by atoms with E-state index in [4.69, 9.17) is 5.73 Å². The molecule has 14 heavy (non-hydrogen) atoms. The highest BCUT2D eigenvalue weighted by atomic mass is 79.9. The summed E-state index contributed by atoms with van der Waals surface area (Å²) in [5.41, 5.74) is 7.41. The minimum atomic E-state index is 0.0208. The maximum atomic E-state index is 6.21. The van der Waals surface area contributed by atoms with Gasteiger partial charge in [0.25, 0.3) is 0 Å². The van der Waals surface area contributed by atoms with Gasteiger partial charge in [0.2, 0.25) is 0 Å². The van der Waals surface area contributed by atoms with Crippen LogP contribution in [0, 0.1) is 5.41 Å². The van der Waals surface area contributed by atoms with Crippen LogP contribution in [0.3, 0.4) is 0 Å². The van der Waals surface area contributed by atoms with Crippen molar-refractivity contribution in [2.75, 3.05) is 0 Å². The van der Waals surface area contributed by atoms with Crippen molar-refractivity contribution < 1.29 is 0 Å². The molecular weight excluding hydrogens is 306 g/mol. The molecule has 0 saturated heterocycles. The van der Waals surface area contributed by atoms with Gasteiger partial charge in [-0.3, -0.25) is 0 Å². The van der Waals surface area contributed by atoms with Gasteiger partial charge in [-0.05, 0) is 23.1 Å². The molecule has 0 aliphatic heterocycles. The van der Waals surface area contributed by atoms with Gasteiger partial charge in [0.05, 0.1) is 0 Å². The number of halogens is 2. The van der Waals surface area contributed by atoms with E-state index in [2.05, 4.69) is 52.6 Å². The summed E-state index contributed by atoms with van der Waals surface area (Å²) in [4.78, 5) is 0. The molecule has 0 aliphatic carbocycles. The summed E-state index contributed by atoms with van der Waals surface area (Å²) >= 11 is 7.06. The molecule has 0 unspecified atom stereocenters. The third-order valence-corrected chi connectivity index (χ3v) is 3.63. The molecule has 1 rings (SSSR count). The summed E-state index contributed by atoms with van der Waals surface area (Å²) in [6.07, 6.45) is 0. The Hall–Kier alpha value is 0.140. The lowest BCUT2D eigenvalue weighted by Crippen LogP contribution is -2.26. The Balaban J connectivity index is 3.19. The molecule has 1 aromatic rings. The summed E-state index contributed by atoms with van der Waals surface area (Å²) in [5.74, 6) is 0. The first-order valence-corrected chi connectivity index (χ1v) is 6.12. The smallest absolute Gasteiger partial charge is 0.0366 e. The van der Waals surface area contributed by atoms with Gasteiger partial charge in [-0.25, -0.2) is 0 Å². The van der Waals surface area contributed by atoms with Crippen LogP contribution in [0.2, 0.25) is 0 Å². The van der Waals surface area contributed by atoms with Crippen molar-refractivity contribution in [2.24, 2.45) is 11.1 Å². The second kappa shape index (κ2) is 4.33. The molecule has 1 aromatic carbocycles.